The molecule has 1 aromatic rings. The quantitative estimate of drug-likeness (QED) is 0.835. The van der Waals surface area contributed by atoms with Gasteiger partial charge in [0.15, 0.2) is 0 Å². The maximum Gasteiger partial charge on any atom is 0.123 e. The minimum absolute atomic E-state index is 0.137. The zero-order valence-corrected chi connectivity index (χ0v) is 9.27. The maximum atomic E-state index is 13.0. The number of fused-ring (bicyclic) bond motifs is 1. The van der Waals surface area contributed by atoms with Gasteiger partial charge in [-0.2, -0.15) is 0 Å². The molecule has 3 heteroatoms. The summed E-state index contributed by atoms with van der Waals surface area (Å²) >= 11 is 0. The number of likely N-dealkylation sites (tertiary alicyclic amines) is 1. The molecular formula is C13H17FN2. The Bertz CT molecular complexity index is 381. The number of nitrogens with zero attached hydrogens (tertiary/aromatic N) is 1. The second-order valence-electron chi connectivity index (χ2n) is 5.05. The molecule has 16 heavy (non-hydrogen) atoms. The molecule has 2 atom stereocenters. The fourth-order valence-corrected chi connectivity index (χ4v) is 3.11. The molecule has 2 nitrogen and oxygen atoms in total. The monoisotopic (exact) mass is 220 g/mol. The van der Waals surface area contributed by atoms with Crippen molar-refractivity contribution in [2.45, 2.75) is 6.54 Å². The molecule has 1 heterocycles. The molecule has 0 amide bonds. The molecule has 1 aliphatic carbocycles. The van der Waals surface area contributed by atoms with Gasteiger partial charge in [0, 0.05) is 19.6 Å². The third-order valence-corrected chi connectivity index (χ3v) is 4.01. The van der Waals surface area contributed by atoms with Gasteiger partial charge in [-0.1, -0.05) is 12.1 Å². The Balaban J connectivity index is 1.58. The van der Waals surface area contributed by atoms with Gasteiger partial charge in [-0.25, -0.2) is 4.39 Å². The van der Waals surface area contributed by atoms with Crippen LogP contribution in [0.5, 0.6) is 0 Å². The molecule has 2 unspecified atom stereocenters. The van der Waals surface area contributed by atoms with Crippen molar-refractivity contribution in [2.75, 3.05) is 19.6 Å². The smallest absolute Gasteiger partial charge is 0.123 e. The lowest BCUT2D eigenvalue weighted by Crippen LogP contribution is -2.25. The third-order valence-electron chi connectivity index (χ3n) is 4.01. The fourth-order valence-electron chi connectivity index (χ4n) is 3.11. The number of hydrogen-bond donors (Lipinski definition) is 1. The van der Waals surface area contributed by atoms with Crippen LogP contribution < -0.4 is 5.73 Å². The predicted octanol–water partition coefficient (Wildman–Crippen LogP) is 1.46. The molecular weight excluding hydrogens is 203 g/mol. The lowest BCUT2D eigenvalue weighted by molar-refractivity contribution is 0.278. The van der Waals surface area contributed by atoms with Crippen LogP contribution >= 0.6 is 0 Å². The first-order valence-electron chi connectivity index (χ1n) is 5.95. The van der Waals surface area contributed by atoms with E-state index in [0.717, 1.165) is 49.5 Å². The van der Waals surface area contributed by atoms with Gasteiger partial charge in [0.2, 0.25) is 0 Å². The van der Waals surface area contributed by atoms with E-state index in [1.165, 1.54) is 6.07 Å². The van der Waals surface area contributed by atoms with Gasteiger partial charge < -0.3 is 5.73 Å². The first kappa shape index (κ1) is 10.2. The predicted molar refractivity (Wildman–Crippen MR) is 61.2 cm³/mol. The molecule has 86 valence electrons. The molecule has 1 saturated carbocycles. The van der Waals surface area contributed by atoms with Gasteiger partial charge in [-0.3, -0.25) is 4.90 Å². The van der Waals surface area contributed by atoms with Gasteiger partial charge in [0.05, 0.1) is 0 Å². The molecule has 0 spiro atoms. The summed E-state index contributed by atoms with van der Waals surface area (Å²) in [6, 6.07) is 6.90. The Hall–Kier alpha value is -0.930. The summed E-state index contributed by atoms with van der Waals surface area (Å²) in [5.74, 6) is 2.27. The van der Waals surface area contributed by atoms with Crippen molar-refractivity contribution in [2.24, 2.45) is 23.5 Å². The highest BCUT2D eigenvalue weighted by Crippen LogP contribution is 2.51. The highest BCUT2D eigenvalue weighted by molar-refractivity contribution is 5.17. The minimum atomic E-state index is -0.137. The number of piperidine rings is 1. The van der Waals surface area contributed by atoms with Crippen molar-refractivity contribution in [1.82, 2.24) is 4.90 Å². The zero-order chi connectivity index (χ0) is 11.1. The van der Waals surface area contributed by atoms with E-state index in [-0.39, 0.29) is 5.82 Å². The molecule has 1 aliphatic heterocycles. The average molecular weight is 220 g/mol. The molecule has 0 radical (unpaired) electrons. The largest absolute Gasteiger partial charge is 0.330 e. The van der Waals surface area contributed by atoms with Crippen molar-refractivity contribution >= 4 is 0 Å². The van der Waals surface area contributed by atoms with Gasteiger partial charge in [0.25, 0.3) is 0 Å². The summed E-state index contributed by atoms with van der Waals surface area (Å²) in [6.45, 7) is 4.00. The van der Waals surface area contributed by atoms with Crippen molar-refractivity contribution in [3.8, 4) is 0 Å². The van der Waals surface area contributed by atoms with Crippen LogP contribution in [0.15, 0.2) is 24.3 Å². The van der Waals surface area contributed by atoms with E-state index >= 15 is 0 Å². The SMILES string of the molecule is NCC1C2CN(Cc3cccc(F)c3)CC12. The number of rotatable bonds is 3. The summed E-state index contributed by atoms with van der Waals surface area (Å²) in [5, 5.41) is 0. The first-order valence-corrected chi connectivity index (χ1v) is 5.95. The molecule has 0 aromatic heterocycles. The van der Waals surface area contributed by atoms with Crippen LogP contribution in [0.2, 0.25) is 0 Å². The average Bonchev–Trinajstić information content (AvgIpc) is 2.73. The summed E-state index contributed by atoms with van der Waals surface area (Å²) in [7, 11) is 0. The summed E-state index contributed by atoms with van der Waals surface area (Å²) < 4.78 is 13.0. The highest BCUT2D eigenvalue weighted by Gasteiger charge is 2.54. The second-order valence-corrected chi connectivity index (χ2v) is 5.05. The maximum absolute atomic E-state index is 13.0. The van der Waals surface area contributed by atoms with Crippen LogP contribution in [0, 0.1) is 23.6 Å². The van der Waals surface area contributed by atoms with Crippen molar-refractivity contribution in [1.29, 1.82) is 0 Å². The van der Waals surface area contributed by atoms with Crippen molar-refractivity contribution in [3.05, 3.63) is 35.6 Å². The highest BCUT2D eigenvalue weighted by atomic mass is 19.1. The Morgan fingerprint density at radius 1 is 1.31 bits per heavy atom. The van der Waals surface area contributed by atoms with E-state index in [0.29, 0.717) is 0 Å². The number of halogens is 1. The first-order chi connectivity index (χ1) is 7.78. The van der Waals surface area contributed by atoms with Crippen LogP contribution in [0.1, 0.15) is 5.56 Å². The van der Waals surface area contributed by atoms with Crippen LogP contribution in [0.4, 0.5) is 4.39 Å². The van der Waals surface area contributed by atoms with E-state index in [4.69, 9.17) is 5.73 Å². The van der Waals surface area contributed by atoms with E-state index in [2.05, 4.69) is 4.90 Å². The van der Waals surface area contributed by atoms with Gasteiger partial charge in [-0.05, 0) is 42.0 Å². The standard InChI is InChI=1S/C13H17FN2/c14-10-3-1-2-9(4-10)6-16-7-12-11(5-15)13(12)8-16/h1-4,11-13H,5-8,15H2. The van der Waals surface area contributed by atoms with E-state index in [1.54, 1.807) is 12.1 Å². The second kappa shape index (κ2) is 3.82. The van der Waals surface area contributed by atoms with E-state index < -0.39 is 0 Å². The topological polar surface area (TPSA) is 29.3 Å². The lowest BCUT2D eigenvalue weighted by Gasteiger charge is -2.19. The minimum Gasteiger partial charge on any atom is -0.330 e. The molecule has 1 saturated heterocycles. The van der Waals surface area contributed by atoms with Crippen LogP contribution in [-0.4, -0.2) is 24.5 Å². The molecule has 1 aromatic carbocycles. The molecule has 2 N–H and O–H groups in total. The summed E-state index contributed by atoms with van der Waals surface area (Å²) in [6.07, 6.45) is 0. The molecule has 2 fully saturated rings. The van der Waals surface area contributed by atoms with Crippen molar-refractivity contribution < 1.29 is 4.39 Å². The van der Waals surface area contributed by atoms with Crippen LogP contribution in [0.25, 0.3) is 0 Å². The third kappa shape index (κ3) is 1.74. The normalized spacial score (nSPS) is 32.8. The Morgan fingerprint density at radius 2 is 2.06 bits per heavy atom. The fraction of sp³-hybridized carbons (Fsp3) is 0.538. The Morgan fingerprint density at radius 3 is 2.69 bits per heavy atom. The number of nitrogens with two attached hydrogens (primary N) is 1. The Kier molecular flexibility index (Phi) is 2.45. The van der Waals surface area contributed by atoms with E-state index in [9.17, 15) is 4.39 Å². The zero-order valence-electron chi connectivity index (χ0n) is 9.27. The molecule has 0 bridgehead atoms. The Labute approximate surface area is 95.2 Å². The molecule has 3 rings (SSSR count). The number of benzene rings is 1. The summed E-state index contributed by atoms with van der Waals surface area (Å²) in [4.78, 5) is 2.41. The van der Waals surface area contributed by atoms with Gasteiger partial charge in [0.1, 0.15) is 5.82 Å². The lowest BCUT2D eigenvalue weighted by atomic mass is 10.2. The number of hydrogen-bond acceptors (Lipinski definition) is 2. The van der Waals surface area contributed by atoms with E-state index in [1.807, 2.05) is 6.07 Å². The summed E-state index contributed by atoms with van der Waals surface area (Å²) in [5.41, 5.74) is 6.75. The molecule has 2 aliphatic rings. The van der Waals surface area contributed by atoms with Gasteiger partial charge >= 0.3 is 0 Å². The van der Waals surface area contributed by atoms with Crippen LogP contribution in [-0.2, 0) is 6.54 Å². The van der Waals surface area contributed by atoms with Gasteiger partial charge in [-0.15, -0.1) is 0 Å². The van der Waals surface area contributed by atoms with Crippen LogP contribution in [0.3, 0.4) is 0 Å². The van der Waals surface area contributed by atoms with Crippen molar-refractivity contribution in [3.63, 3.8) is 0 Å².